The van der Waals surface area contributed by atoms with Crippen molar-refractivity contribution in [2.24, 2.45) is 0 Å². The minimum Gasteiger partial charge on any atom is -0.355 e. The molecule has 0 amide bonds. The number of nitrogens with zero attached hydrogens (tertiary/aromatic N) is 4. The van der Waals surface area contributed by atoms with Gasteiger partial charge < -0.3 is 4.98 Å². The van der Waals surface area contributed by atoms with Crippen molar-refractivity contribution in [2.45, 2.75) is 69.8 Å². The van der Waals surface area contributed by atoms with Crippen LogP contribution in [0.4, 0.5) is 0 Å². The number of thioether (sulfide) groups is 1. The molecule has 0 aromatic carbocycles. The minimum atomic E-state index is -0.345. The molecule has 134 valence electrons. The Labute approximate surface area is 151 Å². The van der Waals surface area contributed by atoms with Gasteiger partial charge in [0.05, 0.1) is 17.0 Å². The van der Waals surface area contributed by atoms with Crippen molar-refractivity contribution in [1.29, 1.82) is 0 Å². The molecule has 7 nitrogen and oxygen atoms in total. The van der Waals surface area contributed by atoms with Gasteiger partial charge in [-0.2, -0.15) is 0 Å². The number of ketones is 2. The van der Waals surface area contributed by atoms with Crippen LogP contribution in [-0.4, -0.2) is 42.0 Å². The smallest absolute Gasteiger partial charge is 0.210 e. The minimum absolute atomic E-state index is 0.0317. The second kappa shape index (κ2) is 7.11. The predicted molar refractivity (Wildman–Crippen MR) is 95.2 cm³/mol. The fourth-order valence-electron chi connectivity index (χ4n) is 3.58. The van der Waals surface area contributed by atoms with Crippen LogP contribution < -0.4 is 0 Å². The van der Waals surface area contributed by atoms with Crippen molar-refractivity contribution in [3.63, 3.8) is 0 Å². The van der Waals surface area contributed by atoms with Gasteiger partial charge in [0, 0.05) is 11.3 Å². The molecule has 2 heterocycles. The number of hydrogen-bond acceptors (Lipinski definition) is 6. The summed E-state index contributed by atoms with van der Waals surface area (Å²) in [5.41, 5.74) is 2.57. The van der Waals surface area contributed by atoms with Gasteiger partial charge in [-0.25, -0.2) is 4.68 Å². The molecule has 3 rings (SSSR count). The van der Waals surface area contributed by atoms with E-state index in [1.54, 1.807) is 0 Å². The van der Waals surface area contributed by atoms with Crippen molar-refractivity contribution in [2.75, 3.05) is 0 Å². The van der Waals surface area contributed by atoms with Crippen molar-refractivity contribution in [3.8, 4) is 0 Å². The van der Waals surface area contributed by atoms with Crippen molar-refractivity contribution in [1.82, 2.24) is 25.2 Å². The molecule has 8 heteroatoms. The number of nitrogens with one attached hydrogen (secondary N) is 1. The number of aromatic amines is 1. The van der Waals surface area contributed by atoms with Gasteiger partial charge in [0.25, 0.3) is 0 Å². The van der Waals surface area contributed by atoms with Crippen LogP contribution in [0.25, 0.3) is 0 Å². The SMILES string of the molecule is CC(=O)c1c(C)[nH]c(C(=O)C(C)Sc2nnnn2C2CCCC2)c1C. The van der Waals surface area contributed by atoms with Gasteiger partial charge in [0.15, 0.2) is 11.6 Å². The summed E-state index contributed by atoms with van der Waals surface area (Å²) in [6, 6.07) is 0.332. The first kappa shape index (κ1) is 17.8. The Bertz CT molecular complexity index is 804. The Hall–Kier alpha value is -1.96. The second-order valence-electron chi connectivity index (χ2n) is 6.65. The second-order valence-corrected chi connectivity index (χ2v) is 7.96. The summed E-state index contributed by atoms with van der Waals surface area (Å²) in [4.78, 5) is 27.7. The van der Waals surface area contributed by atoms with Crippen LogP contribution in [0.3, 0.4) is 0 Å². The first-order valence-corrected chi connectivity index (χ1v) is 9.47. The summed E-state index contributed by atoms with van der Waals surface area (Å²) in [5, 5.41) is 12.3. The molecule has 1 unspecified atom stereocenters. The molecule has 1 N–H and O–H groups in total. The van der Waals surface area contributed by atoms with Crippen LogP contribution in [0.15, 0.2) is 5.16 Å². The average Bonchev–Trinajstić information content (AvgIpc) is 3.26. The number of H-pyrrole nitrogens is 1. The Balaban J connectivity index is 1.79. The number of hydrogen-bond donors (Lipinski definition) is 1. The lowest BCUT2D eigenvalue weighted by Crippen LogP contribution is -2.17. The third-order valence-electron chi connectivity index (χ3n) is 4.82. The zero-order valence-corrected chi connectivity index (χ0v) is 15.8. The Kier molecular flexibility index (Phi) is 5.08. The quantitative estimate of drug-likeness (QED) is 0.627. The van der Waals surface area contributed by atoms with Crippen molar-refractivity contribution >= 4 is 23.3 Å². The molecule has 0 saturated heterocycles. The van der Waals surface area contributed by atoms with Gasteiger partial charge in [0.1, 0.15) is 0 Å². The van der Waals surface area contributed by atoms with Crippen molar-refractivity contribution in [3.05, 3.63) is 22.5 Å². The van der Waals surface area contributed by atoms with E-state index in [0.29, 0.717) is 22.5 Å². The molecule has 0 radical (unpaired) electrons. The number of Topliss-reactive ketones (excluding diaryl/α,β-unsaturated/α-hetero) is 2. The average molecular weight is 361 g/mol. The Morgan fingerprint density at radius 1 is 1.28 bits per heavy atom. The number of aryl methyl sites for hydroxylation is 1. The van der Waals surface area contributed by atoms with Gasteiger partial charge in [-0.15, -0.1) is 5.10 Å². The normalized spacial score (nSPS) is 16.3. The first-order chi connectivity index (χ1) is 11.9. The van der Waals surface area contributed by atoms with E-state index in [0.717, 1.165) is 24.1 Å². The molecule has 1 aliphatic rings. The largest absolute Gasteiger partial charge is 0.355 e. The first-order valence-electron chi connectivity index (χ1n) is 8.59. The van der Waals surface area contributed by atoms with Gasteiger partial charge in [-0.05, 0) is 56.5 Å². The lowest BCUT2D eigenvalue weighted by molar-refractivity contribution is 0.0988. The highest BCUT2D eigenvalue weighted by atomic mass is 32.2. The van der Waals surface area contributed by atoms with E-state index >= 15 is 0 Å². The summed E-state index contributed by atoms with van der Waals surface area (Å²) in [6.07, 6.45) is 4.55. The van der Waals surface area contributed by atoms with Crippen LogP contribution in [0.1, 0.15) is 77.7 Å². The molecule has 25 heavy (non-hydrogen) atoms. The number of carbonyl (C=O) groups excluding carboxylic acids is 2. The molecule has 0 spiro atoms. The molecular weight excluding hydrogens is 338 g/mol. The lowest BCUT2D eigenvalue weighted by atomic mass is 10.0. The molecule has 1 fully saturated rings. The van der Waals surface area contributed by atoms with Crippen molar-refractivity contribution < 1.29 is 9.59 Å². The van der Waals surface area contributed by atoms with E-state index in [1.807, 2.05) is 25.5 Å². The number of tetrazole rings is 1. The highest BCUT2D eigenvalue weighted by molar-refractivity contribution is 8.00. The van der Waals surface area contributed by atoms with E-state index in [-0.39, 0.29) is 16.8 Å². The monoisotopic (exact) mass is 361 g/mol. The molecular formula is C17H23N5O2S. The van der Waals surface area contributed by atoms with Crippen LogP contribution in [0.2, 0.25) is 0 Å². The molecule has 1 atom stereocenters. The van der Waals surface area contributed by atoms with Crippen LogP contribution >= 0.6 is 11.8 Å². The highest BCUT2D eigenvalue weighted by Crippen LogP contribution is 2.33. The fraction of sp³-hybridized carbons (Fsp3) is 0.588. The molecule has 0 bridgehead atoms. The van der Waals surface area contributed by atoms with E-state index in [9.17, 15) is 9.59 Å². The standard InChI is InChI=1S/C17H23N5O2S/c1-9-14(11(3)23)10(2)18-15(9)16(24)12(4)25-17-19-20-21-22(17)13-7-5-6-8-13/h12-13,18H,5-8H2,1-4H3. The van der Waals surface area contributed by atoms with Gasteiger partial charge in [-0.1, -0.05) is 24.6 Å². The maximum Gasteiger partial charge on any atom is 0.210 e. The summed E-state index contributed by atoms with van der Waals surface area (Å²) in [5.74, 6) is -0.0742. The molecule has 0 aliphatic heterocycles. The predicted octanol–water partition coefficient (Wildman–Crippen LogP) is 3.30. The van der Waals surface area contributed by atoms with Crippen LogP contribution in [0.5, 0.6) is 0 Å². The highest BCUT2D eigenvalue weighted by Gasteiger charge is 2.27. The number of aromatic nitrogens is 5. The molecule has 1 saturated carbocycles. The zero-order valence-electron chi connectivity index (χ0n) is 15.0. The van der Waals surface area contributed by atoms with E-state index < -0.39 is 0 Å². The summed E-state index contributed by atoms with van der Waals surface area (Å²) >= 11 is 1.37. The fourth-order valence-corrected chi connectivity index (χ4v) is 4.50. The summed E-state index contributed by atoms with van der Waals surface area (Å²) < 4.78 is 1.86. The van der Waals surface area contributed by atoms with E-state index in [1.165, 1.54) is 31.5 Å². The zero-order chi connectivity index (χ0) is 18.1. The Morgan fingerprint density at radius 2 is 1.96 bits per heavy atom. The topological polar surface area (TPSA) is 93.5 Å². The summed E-state index contributed by atoms with van der Waals surface area (Å²) in [6.45, 7) is 7.00. The van der Waals surface area contributed by atoms with Gasteiger partial charge in [0.2, 0.25) is 5.16 Å². The third-order valence-corrected chi connectivity index (χ3v) is 5.87. The van der Waals surface area contributed by atoms with E-state index in [4.69, 9.17) is 0 Å². The maximum atomic E-state index is 12.9. The summed E-state index contributed by atoms with van der Waals surface area (Å²) in [7, 11) is 0. The third kappa shape index (κ3) is 3.40. The molecule has 2 aromatic heterocycles. The van der Waals surface area contributed by atoms with E-state index in [2.05, 4.69) is 20.5 Å². The van der Waals surface area contributed by atoms with Gasteiger partial charge in [-0.3, -0.25) is 9.59 Å². The van der Waals surface area contributed by atoms with Crippen LogP contribution in [0, 0.1) is 13.8 Å². The van der Waals surface area contributed by atoms with Gasteiger partial charge >= 0.3 is 0 Å². The van der Waals surface area contributed by atoms with Crippen LogP contribution in [-0.2, 0) is 0 Å². The number of rotatable bonds is 6. The molecule has 2 aromatic rings. The lowest BCUT2D eigenvalue weighted by Gasteiger charge is -2.13. The maximum absolute atomic E-state index is 12.9. The molecule has 1 aliphatic carbocycles. The Morgan fingerprint density at radius 3 is 2.56 bits per heavy atom. The number of carbonyl (C=O) groups is 2.